The van der Waals surface area contributed by atoms with Crippen LogP contribution in [0.1, 0.15) is 12.8 Å². The molecule has 27 heavy (non-hydrogen) atoms. The van der Waals surface area contributed by atoms with Crippen LogP contribution in [0.15, 0.2) is 42.7 Å². The fourth-order valence-corrected chi connectivity index (χ4v) is 3.03. The Morgan fingerprint density at radius 2 is 1.93 bits per heavy atom. The smallest absolute Gasteiger partial charge is 0.313 e. The molecular formula is C19H20F2N4O2. The van der Waals surface area contributed by atoms with Crippen LogP contribution in [0, 0.1) is 17.6 Å². The fourth-order valence-electron chi connectivity index (χ4n) is 3.03. The van der Waals surface area contributed by atoms with Gasteiger partial charge in [-0.3, -0.25) is 14.6 Å². The number of hydrogen-bond donors (Lipinski definition) is 2. The Kier molecular flexibility index (Phi) is 5.95. The van der Waals surface area contributed by atoms with Crippen LogP contribution in [0.5, 0.6) is 0 Å². The summed E-state index contributed by atoms with van der Waals surface area (Å²) in [5.41, 5.74) is 0.705. The Hall–Kier alpha value is -3.03. The van der Waals surface area contributed by atoms with E-state index in [1.165, 1.54) is 0 Å². The third-order valence-electron chi connectivity index (χ3n) is 4.56. The average molecular weight is 374 g/mol. The Bertz CT molecular complexity index is 809. The summed E-state index contributed by atoms with van der Waals surface area (Å²) in [6.45, 7) is 2.04. The van der Waals surface area contributed by atoms with Gasteiger partial charge >= 0.3 is 11.8 Å². The van der Waals surface area contributed by atoms with Crippen LogP contribution in [-0.2, 0) is 9.59 Å². The minimum Gasteiger partial charge on any atom is -0.370 e. The SMILES string of the molecule is O=C(NCC1CCN(c2cccnc2)CC1)C(=O)Nc1cc(F)ccc1F. The lowest BCUT2D eigenvalue weighted by molar-refractivity contribution is -0.136. The molecular weight excluding hydrogens is 354 g/mol. The van der Waals surface area contributed by atoms with Crippen LogP contribution in [-0.4, -0.2) is 36.4 Å². The van der Waals surface area contributed by atoms with Crippen molar-refractivity contribution in [1.29, 1.82) is 0 Å². The maximum absolute atomic E-state index is 13.5. The van der Waals surface area contributed by atoms with E-state index in [0.717, 1.165) is 49.8 Å². The number of anilines is 2. The van der Waals surface area contributed by atoms with Gasteiger partial charge in [0.25, 0.3) is 0 Å². The number of carbonyl (C=O) groups is 2. The molecule has 0 atom stereocenters. The van der Waals surface area contributed by atoms with Gasteiger partial charge in [-0.25, -0.2) is 8.78 Å². The van der Waals surface area contributed by atoms with Gasteiger partial charge in [-0.2, -0.15) is 0 Å². The number of hydrogen-bond acceptors (Lipinski definition) is 4. The minimum absolute atomic E-state index is 0.251. The van der Waals surface area contributed by atoms with Gasteiger partial charge in [-0.05, 0) is 43.0 Å². The van der Waals surface area contributed by atoms with Crippen LogP contribution < -0.4 is 15.5 Å². The van der Waals surface area contributed by atoms with E-state index < -0.39 is 23.4 Å². The molecule has 0 unspecified atom stereocenters. The number of benzene rings is 1. The molecule has 6 nitrogen and oxygen atoms in total. The summed E-state index contributed by atoms with van der Waals surface area (Å²) in [6.07, 6.45) is 5.29. The van der Waals surface area contributed by atoms with Crippen molar-refractivity contribution in [3.8, 4) is 0 Å². The van der Waals surface area contributed by atoms with Crippen molar-refractivity contribution >= 4 is 23.2 Å². The van der Waals surface area contributed by atoms with Gasteiger partial charge in [-0.15, -0.1) is 0 Å². The Balaban J connectivity index is 1.44. The average Bonchev–Trinajstić information content (AvgIpc) is 2.70. The summed E-state index contributed by atoms with van der Waals surface area (Å²) in [7, 11) is 0. The first kappa shape index (κ1) is 18.8. The molecule has 0 radical (unpaired) electrons. The Morgan fingerprint density at radius 3 is 2.63 bits per heavy atom. The molecule has 2 heterocycles. The van der Waals surface area contributed by atoms with Gasteiger partial charge in [0, 0.05) is 31.9 Å². The Labute approximate surface area is 155 Å². The summed E-state index contributed by atoms with van der Waals surface area (Å²) >= 11 is 0. The van der Waals surface area contributed by atoms with E-state index in [-0.39, 0.29) is 11.6 Å². The topological polar surface area (TPSA) is 74.3 Å². The van der Waals surface area contributed by atoms with E-state index in [2.05, 4.69) is 20.5 Å². The molecule has 1 fully saturated rings. The van der Waals surface area contributed by atoms with Crippen molar-refractivity contribution in [2.75, 3.05) is 29.9 Å². The van der Waals surface area contributed by atoms with E-state index in [1.54, 1.807) is 6.20 Å². The molecule has 0 saturated carbocycles. The molecule has 2 amide bonds. The fraction of sp³-hybridized carbons (Fsp3) is 0.316. The van der Waals surface area contributed by atoms with Gasteiger partial charge in [0.15, 0.2) is 0 Å². The minimum atomic E-state index is -1.02. The van der Waals surface area contributed by atoms with Gasteiger partial charge < -0.3 is 15.5 Å². The highest BCUT2D eigenvalue weighted by Gasteiger charge is 2.22. The number of carbonyl (C=O) groups excluding carboxylic acids is 2. The van der Waals surface area contributed by atoms with Gasteiger partial charge in [-0.1, -0.05) is 0 Å². The van der Waals surface area contributed by atoms with E-state index >= 15 is 0 Å². The first-order chi connectivity index (χ1) is 13.0. The van der Waals surface area contributed by atoms with Crippen molar-refractivity contribution in [3.63, 3.8) is 0 Å². The molecule has 0 aliphatic carbocycles. The predicted octanol–water partition coefficient (Wildman–Crippen LogP) is 2.33. The summed E-state index contributed by atoms with van der Waals surface area (Å²) in [6, 6.07) is 6.54. The quantitative estimate of drug-likeness (QED) is 0.806. The molecule has 3 rings (SSSR count). The molecule has 2 aromatic rings. The molecule has 0 spiro atoms. The maximum atomic E-state index is 13.5. The number of halogens is 2. The first-order valence-corrected chi connectivity index (χ1v) is 8.72. The third-order valence-corrected chi connectivity index (χ3v) is 4.56. The zero-order valence-corrected chi connectivity index (χ0v) is 14.6. The second-order valence-electron chi connectivity index (χ2n) is 6.43. The maximum Gasteiger partial charge on any atom is 0.313 e. The third kappa shape index (κ3) is 4.99. The number of aromatic nitrogens is 1. The molecule has 1 saturated heterocycles. The van der Waals surface area contributed by atoms with Crippen LogP contribution >= 0.6 is 0 Å². The zero-order chi connectivity index (χ0) is 19.2. The highest BCUT2D eigenvalue weighted by atomic mass is 19.1. The predicted molar refractivity (Wildman–Crippen MR) is 97.2 cm³/mol. The summed E-state index contributed by atoms with van der Waals surface area (Å²) < 4.78 is 26.6. The largest absolute Gasteiger partial charge is 0.370 e. The molecule has 142 valence electrons. The number of nitrogens with one attached hydrogen (secondary N) is 2. The van der Waals surface area contributed by atoms with Crippen molar-refractivity contribution in [2.24, 2.45) is 5.92 Å². The molecule has 1 aromatic carbocycles. The van der Waals surface area contributed by atoms with Crippen LogP contribution in [0.3, 0.4) is 0 Å². The van der Waals surface area contributed by atoms with Gasteiger partial charge in [0.1, 0.15) is 11.6 Å². The van der Waals surface area contributed by atoms with E-state index in [0.29, 0.717) is 6.54 Å². The Morgan fingerprint density at radius 1 is 1.15 bits per heavy atom. The molecule has 1 aliphatic rings. The summed E-state index contributed by atoms with van der Waals surface area (Å²) in [5, 5.41) is 4.65. The van der Waals surface area contributed by atoms with Crippen LogP contribution in [0.2, 0.25) is 0 Å². The highest BCUT2D eigenvalue weighted by molar-refractivity contribution is 6.39. The van der Waals surface area contributed by atoms with Crippen molar-refractivity contribution < 1.29 is 18.4 Å². The number of rotatable bonds is 4. The second-order valence-corrected chi connectivity index (χ2v) is 6.43. The molecule has 8 heteroatoms. The van der Waals surface area contributed by atoms with E-state index in [9.17, 15) is 18.4 Å². The molecule has 1 aliphatic heterocycles. The lowest BCUT2D eigenvalue weighted by Crippen LogP contribution is -2.42. The normalized spacial score (nSPS) is 14.7. The van der Waals surface area contributed by atoms with E-state index in [4.69, 9.17) is 0 Å². The van der Waals surface area contributed by atoms with Gasteiger partial charge in [0.2, 0.25) is 0 Å². The first-order valence-electron chi connectivity index (χ1n) is 8.72. The second kappa shape index (κ2) is 8.57. The molecule has 0 bridgehead atoms. The standard InChI is InChI=1S/C19H20F2N4O2/c20-14-3-4-16(21)17(10-14)24-19(27)18(26)23-11-13-5-8-25(9-6-13)15-2-1-7-22-12-15/h1-4,7,10,12-13H,5-6,8-9,11H2,(H,23,26)(H,24,27). The van der Waals surface area contributed by atoms with Crippen LogP contribution in [0.4, 0.5) is 20.2 Å². The van der Waals surface area contributed by atoms with E-state index in [1.807, 2.05) is 18.3 Å². The molecule has 1 aromatic heterocycles. The number of nitrogens with zero attached hydrogens (tertiary/aromatic N) is 2. The van der Waals surface area contributed by atoms with Crippen molar-refractivity contribution in [1.82, 2.24) is 10.3 Å². The zero-order valence-electron chi connectivity index (χ0n) is 14.6. The lowest BCUT2D eigenvalue weighted by atomic mass is 9.96. The number of piperidine rings is 1. The summed E-state index contributed by atoms with van der Waals surface area (Å²) in [5.74, 6) is -3.14. The molecule has 2 N–H and O–H groups in total. The van der Waals surface area contributed by atoms with Crippen LogP contribution in [0.25, 0.3) is 0 Å². The van der Waals surface area contributed by atoms with Crippen molar-refractivity contribution in [3.05, 3.63) is 54.4 Å². The van der Waals surface area contributed by atoms with Gasteiger partial charge in [0.05, 0.1) is 17.6 Å². The summed E-state index contributed by atoms with van der Waals surface area (Å²) in [4.78, 5) is 30.1. The monoisotopic (exact) mass is 374 g/mol. The number of amides is 2. The lowest BCUT2D eigenvalue weighted by Gasteiger charge is -2.33. The number of pyridine rings is 1. The van der Waals surface area contributed by atoms with Crippen molar-refractivity contribution in [2.45, 2.75) is 12.8 Å². The highest BCUT2D eigenvalue weighted by Crippen LogP contribution is 2.22.